The van der Waals surface area contributed by atoms with Gasteiger partial charge in [0.05, 0.1) is 5.69 Å². The van der Waals surface area contributed by atoms with E-state index in [9.17, 15) is 0 Å². The molecule has 0 saturated heterocycles. The average Bonchev–Trinajstić information content (AvgIpc) is 2.86. The Labute approximate surface area is 137 Å². The van der Waals surface area contributed by atoms with Crippen LogP contribution in [0.4, 0.5) is 10.9 Å². The zero-order valence-corrected chi connectivity index (χ0v) is 13.6. The topological polar surface area (TPSA) is 50.7 Å². The minimum Gasteiger partial charge on any atom is -0.316 e. The van der Waals surface area contributed by atoms with E-state index in [-0.39, 0.29) is 12.4 Å². The molecule has 108 valence electrons. The number of halogens is 1. The summed E-state index contributed by atoms with van der Waals surface area (Å²) in [4.78, 5) is 14.1. The Bertz CT molecular complexity index is 703. The Morgan fingerprint density at radius 1 is 1.14 bits per heavy atom. The first-order chi connectivity index (χ1) is 9.79. The van der Waals surface area contributed by atoms with E-state index in [1.54, 1.807) is 35.5 Å². The average molecular weight is 337 g/mol. The Morgan fingerprint density at radius 2 is 2.05 bits per heavy atom. The zero-order valence-electron chi connectivity index (χ0n) is 11.2. The van der Waals surface area contributed by atoms with Crippen LogP contribution in [0.5, 0.6) is 0 Å². The largest absolute Gasteiger partial charge is 0.316 e. The first kappa shape index (κ1) is 15.8. The van der Waals surface area contributed by atoms with Gasteiger partial charge in [0.25, 0.3) is 0 Å². The second-order valence-corrected chi connectivity index (χ2v) is 6.02. The number of nitrogens with zero attached hydrogens (tertiary/aromatic N) is 3. The van der Waals surface area contributed by atoms with Crippen LogP contribution in [-0.2, 0) is 0 Å². The summed E-state index contributed by atoms with van der Waals surface area (Å²) in [6, 6.07) is 9.85. The van der Waals surface area contributed by atoms with E-state index < -0.39 is 0 Å². The van der Waals surface area contributed by atoms with Crippen LogP contribution in [0.2, 0.25) is 0 Å². The van der Waals surface area contributed by atoms with Gasteiger partial charge in [-0.3, -0.25) is 0 Å². The molecule has 4 nitrogen and oxygen atoms in total. The van der Waals surface area contributed by atoms with Crippen molar-refractivity contribution in [2.24, 2.45) is 0 Å². The minimum atomic E-state index is 0. The molecule has 0 atom stereocenters. The molecule has 0 amide bonds. The van der Waals surface area contributed by atoms with Crippen molar-refractivity contribution in [1.82, 2.24) is 15.0 Å². The maximum Gasteiger partial charge on any atom is 0.188 e. The van der Waals surface area contributed by atoms with E-state index in [2.05, 4.69) is 20.3 Å². The van der Waals surface area contributed by atoms with Crippen molar-refractivity contribution < 1.29 is 0 Å². The molecule has 0 spiro atoms. The Hall–Kier alpha value is -1.63. The summed E-state index contributed by atoms with van der Waals surface area (Å²) in [5.41, 5.74) is 1.01. The monoisotopic (exact) mass is 336 g/mol. The second kappa shape index (κ2) is 7.40. The maximum absolute atomic E-state index is 4.37. The molecule has 7 heteroatoms. The van der Waals surface area contributed by atoms with Gasteiger partial charge >= 0.3 is 0 Å². The summed E-state index contributed by atoms with van der Waals surface area (Å²) in [7, 11) is 0. The van der Waals surface area contributed by atoms with Gasteiger partial charge in [-0.15, -0.1) is 23.7 Å². The molecule has 3 rings (SSSR count). The van der Waals surface area contributed by atoms with Crippen molar-refractivity contribution in [2.45, 2.75) is 16.8 Å². The smallest absolute Gasteiger partial charge is 0.188 e. The fourth-order valence-electron chi connectivity index (χ4n) is 1.59. The zero-order chi connectivity index (χ0) is 13.8. The van der Waals surface area contributed by atoms with Crippen molar-refractivity contribution in [3.63, 3.8) is 0 Å². The maximum atomic E-state index is 4.37. The van der Waals surface area contributed by atoms with Crippen LogP contribution in [-0.4, -0.2) is 15.0 Å². The van der Waals surface area contributed by atoms with Gasteiger partial charge in [0.2, 0.25) is 0 Å². The molecule has 1 N–H and O–H groups in total. The highest BCUT2D eigenvalue weighted by Gasteiger charge is 2.03. The van der Waals surface area contributed by atoms with Gasteiger partial charge in [-0.25, -0.2) is 15.0 Å². The Morgan fingerprint density at radius 3 is 2.76 bits per heavy atom. The molecule has 0 aliphatic heterocycles. The van der Waals surface area contributed by atoms with Gasteiger partial charge in [-0.05, 0) is 31.2 Å². The highest BCUT2D eigenvalue weighted by Crippen LogP contribution is 2.28. The molecule has 0 bridgehead atoms. The summed E-state index contributed by atoms with van der Waals surface area (Å²) in [5.74, 6) is 0.792. The van der Waals surface area contributed by atoms with Gasteiger partial charge in [-0.2, -0.15) is 0 Å². The molecule has 0 fully saturated rings. The van der Waals surface area contributed by atoms with Crippen molar-refractivity contribution in [1.29, 1.82) is 0 Å². The van der Waals surface area contributed by atoms with Crippen LogP contribution in [0.1, 0.15) is 5.69 Å². The molecular weight excluding hydrogens is 324 g/mol. The first-order valence-corrected chi connectivity index (χ1v) is 7.73. The summed E-state index contributed by atoms with van der Waals surface area (Å²) in [6.07, 6.45) is 3.58. The summed E-state index contributed by atoms with van der Waals surface area (Å²) < 4.78 is 0. The lowest BCUT2D eigenvalue weighted by Gasteiger charge is -2.04. The number of aromatic nitrogens is 3. The first-order valence-electron chi connectivity index (χ1n) is 6.04. The van der Waals surface area contributed by atoms with Gasteiger partial charge in [0.1, 0.15) is 10.8 Å². The number of rotatable bonds is 4. The SMILES string of the molecule is Cc1csc(Nc2cc(Sc3ccccn3)ccn2)n1.Cl. The molecule has 3 aromatic heterocycles. The normalized spacial score (nSPS) is 9.95. The van der Waals surface area contributed by atoms with Gasteiger partial charge in [0.15, 0.2) is 5.13 Å². The van der Waals surface area contributed by atoms with Crippen LogP contribution < -0.4 is 5.32 Å². The number of pyridine rings is 2. The van der Waals surface area contributed by atoms with Crippen molar-refractivity contribution in [2.75, 3.05) is 5.32 Å². The van der Waals surface area contributed by atoms with E-state index in [1.807, 2.05) is 42.6 Å². The molecule has 21 heavy (non-hydrogen) atoms. The predicted molar refractivity (Wildman–Crippen MR) is 90.0 cm³/mol. The standard InChI is InChI=1S/C14H12N4S2.ClH/c1-10-9-19-14(17-10)18-12-8-11(5-7-15-12)20-13-4-2-3-6-16-13;/h2-9H,1H3,(H,15,17,18);1H. The fourth-order valence-corrected chi connectivity index (χ4v) is 3.09. The highest BCUT2D eigenvalue weighted by molar-refractivity contribution is 7.99. The molecule has 3 aromatic rings. The quantitative estimate of drug-likeness (QED) is 0.757. The molecular formula is C14H13ClN4S2. The minimum absolute atomic E-state index is 0. The number of aryl methyl sites for hydroxylation is 1. The van der Waals surface area contributed by atoms with E-state index in [0.29, 0.717) is 0 Å². The molecule has 3 heterocycles. The summed E-state index contributed by atoms with van der Waals surface area (Å²) in [6.45, 7) is 1.97. The van der Waals surface area contributed by atoms with Crippen molar-refractivity contribution in [3.8, 4) is 0 Å². The predicted octanol–water partition coefficient (Wildman–Crippen LogP) is 4.56. The number of thiazole rings is 1. The Balaban J connectivity index is 0.00000161. The van der Waals surface area contributed by atoms with Gasteiger partial charge in [0, 0.05) is 22.7 Å². The molecule has 0 saturated carbocycles. The number of hydrogen-bond acceptors (Lipinski definition) is 6. The molecule has 0 unspecified atom stereocenters. The van der Waals surface area contributed by atoms with Crippen molar-refractivity contribution >= 4 is 46.5 Å². The summed E-state index contributed by atoms with van der Waals surface area (Å²) in [5, 5.41) is 7.05. The number of anilines is 2. The molecule has 0 radical (unpaired) electrons. The van der Waals surface area contributed by atoms with Crippen LogP contribution in [0, 0.1) is 6.92 Å². The van der Waals surface area contributed by atoms with Crippen molar-refractivity contribution in [3.05, 3.63) is 53.8 Å². The van der Waals surface area contributed by atoms with E-state index in [0.717, 1.165) is 26.6 Å². The van der Waals surface area contributed by atoms with Crippen LogP contribution in [0.3, 0.4) is 0 Å². The lowest BCUT2D eigenvalue weighted by Crippen LogP contribution is -1.92. The summed E-state index contributed by atoms with van der Waals surface area (Å²) >= 11 is 3.18. The van der Waals surface area contributed by atoms with Gasteiger partial charge in [-0.1, -0.05) is 17.8 Å². The lowest BCUT2D eigenvalue weighted by atomic mass is 10.4. The van der Waals surface area contributed by atoms with E-state index >= 15 is 0 Å². The lowest BCUT2D eigenvalue weighted by molar-refractivity contribution is 1.13. The van der Waals surface area contributed by atoms with Crippen LogP contribution in [0.15, 0.2) is 58.0 Å². The molecule has 0 aliphatic carbocycles. The number of hydrogen-bond donors (Lipinski definition) is 1. The fraction of sp³-hybridized carbons (Fsp3) is 0.0714. The number of nitrogens with one attached hydrogen (secondary N) is 1. The third kappa shape index (κ3) is 4.42. The van der Waals surface area contributed by atoms with E-state index in [4.69, 9.17) is 0 Å². The third-order valence-electron chi connectivity index (χ3n) is 2.45. The molecule has 0 aromatic carbocycles. The molecule has 0 aliphatic rings. The van der Waals surface area contributed by atoms with Crippen LogP contribution in [0.25, 0.3) is 0 Å². The Kier molecular flexibility index (Phi) is 5.55. The second-order valence-electron chi connectivity index (χ2n) is 4.07. The highest BCUT2D eigenvalue weighted by atomic mass is 35.5. The van der Waals surface area contributed by atoms with Gasteiger partial charge < -0.3 is 5.32 Å². The van der Waals surface area contributed by atoms with Crippen LogP contribution >= 0.6 is 35.5 Å². The van der Waals surface area contributed by atoms with E-state index in [1.165, 1.54) is 0 Å². The third-order valence-corrected chi connectivity index (χ3v) is 4.26.